The predicted molar refractivity (Wildman–Crippen MR) is 76.9 cm³/mol. The van der Waals surface area contributed by atoms with Gasteiger partial charge in [0.25, 0.3) is 0 Å². The number of allylic oxidation sites excluding steroid dienone is 1. The number of thioether (sulfide) groups is 1. The molecule has 4 N–H and O–H groups in total. The molecule has 0 amide bonds. The maximum atomic E-state index is 9.82. The lowest BCUT2D eigenvalue weighted by molar-refractivity contribution is 0.191. The number of aliphatic hydroxyl groups excluding tert-OH is 1. The summed E-state index contributed by atoms with van der Waals surface area (Å²) in [6.45, 7) is 2.06. The molecule has 1 unspecified atom stereocenters. The van der Waals surface area contributed by atoms with E-state index in [9.17, 15) is 5.11 Å². The van der Waals surface area contributed by atoms with E-state index < -0.39 is 6.23 Å². The fraction of sp³-hybridized carbons (Fsp3) is 0.231. The average molecular weight is 274 g/mol. The Balaban J connectivity index is 1.76. The molecule has 0 spiro atoms. The zero-order valence-corrected chi connectivity index (χ0v) is 11.2. The molecular formula is C13H14N4OS. The summed E-state index contributed by atoms with van der Waals surface area (Å²) in [4.78, 5) is 9.73. The van der Waals surface area contributed by atoms with Crippen LogP contribution in [0, 0.1) is 6.92 Å². The van der Waals surface area contributed by atoms with E-state index in [2.05, 4.69) is 46.5 Å². The summed E-state index contributed by atoms with van der Waals surface area (Å²) in [5.41, 5.74) is 8.13. The molecule has 19 heavy (non-hydrogen) atoms. The zero-order chi connectivity index (χ0) is 13.4. The minimum Gasteiger partial charge on any atom is -0.370 e. The van der Waals surface area contributed by atoms with E-state index in [1.807, 2.05) is 0 Å². The summed E-state index contributed by atoms with van der Waals surface area (Å²) in [7, 11) is 0. The molecule has 0 aliphatic carbocycles. The molecule has 2 aliphatic rings. The number of benzene rings is 1. The number of aliphatic hydroxyl groups is 1. The highest BCUT2D eigenvalue weighted by Gasteiger charge is 2.27. The molecule has 0 aromatic heterocycles. The van der Waals surface area contributed by atoms with Crippen molar-refractivity contribution in [1.29, 1.82) is 0 Å². The highest BCUT2D eigenvalue weighted by Crippen LogP contribution is 2.32. The first kappa shape index (κ1) is 12.3. The average Bonchev–Trinajstić information content (AvgIpc) is 2.75. The van der Waals surface area contributed by atoms with Gasteiger partial charge >= 0.3 is 0 Å². The van der Waals surface area contributed by atoms with Gasteiger partial charge in [-0.25, -0.2) is 9.98 Å². The summed E-state index contributed by atoms with van der Waals surface area (Å²) in [5, 5.41) is 13.4. The quantitative estimate of drug-likeness (QED) is 0.721. The third kappa shape index (κ3) is 2.50. The molecule has 0 bridgehead atoms. The van der Waals surface area contributed by atoms with Crippen molar-refractivity contribution in [3.63, 3.8) is 0 Å². The number of aliphatic imine (C=N–C) groups is 2. The first-order valence-electron chi connectivity index (χ1n) is 5.96. The Kier molecular flexibility index (Phi) is 3.04. The van der Waals surface area contributed by atoms with Crippen LogP contribution in [0.25, 0.3) is 0 Å². The van der Waals surface area contributed by atoms with Crippen molar-refractivity contribution in [2.24, 2.45) is 15.7 Å². The Morgan fingerprint density at radius 2 is 2.05 bits per heavy atom. The van der Waals surface area contributed by atoms with E-state index in [4.69, 9.17) is 5.73 Å². The summed E-state index contributed by atoms with van der Waals surface area (Å²) >= 11 is 1.59. The number of nitrogens with one attached hydrogen (secondary N) is 1. The van der Waals surface area contributed by atoms with Crippen LogP contribution in [0.2, 0.25) is 0 Å². The molecule has 3 rings (SSSR count). The molecule has 0 saturated heterocycles. The maximum absolute atomic E-state index is 9.82. The fourth-order valence-corrected chi connectivity index (χ4v) is 2.87. The minimum atomic E-state index is -0.858. The van der Waals surface area contributed by atoms with Gasteiger partial charge in [-0.05, 0) is 19.1 Å². The van der Waals surface area contributed by atoms with Crippen LogP contribution in [0.3, 0.4) is 0 Å². The van der Waals surface area contributed by atoms with Gasteiger partial charge < -0.3 is 16.2 Å². The summed E-state index contributed by atoms with van der Waals surface area (Å²) < 4.78 is 0. The third-order valence-corrected chi connectivity index (χ3v) is 3.89. The molecule has 0 radical (unpaired) electrons. The van der Waals surface area contributed by atoms with Crippen LogP contribution in [-0.2, 0) is 0 Å². The number of nitrogens with zero attached hydrogens (tertiary/aromatic N) is 2. The van der Waals surface area contributed by atoms with E-state index in [1.165, 1.54) is 5.56 Å². The van der Waals surface area contributed by atoms with Gasteiger partial charge in [-0.15, -0.1) is 0 Å². The SMILES string of the molecule is Cc1ccc(SC2=NC3=C(C2)N=C(N)NC3O)cc1. The number of aryl methyl sites for hydroxylation is 1. The van der Waals surface area contributed by atoms with E-state index in [-0.39, 0.29) is 5.96 Å². The summed E-state index contributed by atoms with van der Waals surface area (Å²) in [5.74, 6) is 0.239. The molecule has 1 aromatic carbocycles. The molecule has 5 nitrogen and oxygen atoms in total. The van der Waals surface area contributed by atoms with Crippen LogP contribution in [0.1, 0.15) is 12.0 Å². The predicted octanol–water partition coefficient (Wildman–Crippen LogP) is 1.34. The van der Waals surface area contributed by atoms with Crippen molar-refractivity contribution >= 4 is 22.8 Å². The van der Waals surface area contributed by atoms with Crippen LogP contribution < -0.4 is 11.1 Å². The third-order valence-electron chi connectivity index (χ3n) is 2.92. The Morgan fingerprint density at radius 3 is 2.79 bits per heavy atom. The second-order valence-electron chi connectivity index (χ2n) is 4.47. The second kappa shape index (κ2) is 4.71. The van der Waals surface area contributed by atoms with Gasteiger partial charge in [0, 0.05) is 11.3 Å². The Labute approximate surface area is 115 Å². The molecule has 0 fully saturated rings. The van der Waals surface area contributed by atoms with Crippen LogP contribution >= 0.6 is 11.8 Å². The first-order chi connectivity index (χ1) is 9.11. The minimum absolute atomic E-state index is 0.239. The Bertz CT molecular complexity index is 604. The lowest BCUT2D eigenvalue weighted by Gasteiger charge is -2.17. The van der Waals surface area contributed by atoms with Crippen molar-refractivity contribution in [3.8, 4) is 0 Å². The molecule has 1 aromatic rings. The monoisotopic (exact) mass is 274 g/mol. The largest absolute Gasteiger partial charge is 0.370 e. The standard InChI is InChI=1S/C13H14N4OS/c1-7-2-4-8(5-3-7)19-10-6-9-11(16-10)12(18)17-13(14)15-9/h2-5,12,18H,6H2,1H3,(H3,14,15,17). The van der Waals surface area contributed by atoms with Crippen LogP contribution in [0.5, 0.6) is 0 Å². The van der Waals surface area contributed by atoms with E-state index >= 15 is 0 Å². The van der Waals surface area contributed by atoms with Crippen molar-refractivity contribution in [1.82, 2.24) is 5.32 Å². The van der Waals surface area contributed by atoms with Crippen molar-refractivity contribution in [2.45, 2.75) is 24.5 Å². The summed E-state index contributed by atoms with van der Waals surface area (Å²) in [6.07, 6.45) is -0.239. The van der Waals surface area contributed by atoms with Gasteiger partial charge in [0.1, 0.15) is 5.70 Å². The van der Waals surface area contributed by atoms with Crippen molar-refractivity contribution < 1.29 is 5.11 Å². The number of hydrogen-bond acceptors (Lipinski definition) is 6. The van der Waals surface area contributed by atoms with Gasteiger partial charge in [0.05, 0.1) is 10.7 Å². The second-order valence-corrected chi connectivity index (χ2v) is 5.62. The Morgan fingerprint density at radius 1 is 1.32 bits per heavy atom. The molecule has 0 saturated carbocycles. The van der Waals surface area contributed by atoms with Gasteiger partial charge in [-0.1, -0.05) is 29.5 Å². The maximum Gasteiger partial charge on any atom is 0.195 e. The highest BCUT2D eigenvalue weighted by atomic mass is 32.2. The van der Waals surface area contributed by atoms with Gasteiger partial charge in [-0.2, -0.15) is 0 Å². The molecule has 6 heteroatoms. The number of rotatable bonds is 1. The number of hydrogen-bond donors (Lipinski definition) is 3. The Hall–Kier alpha value is -1.79. The highest BCUT2D eigenvalue weighted by molar-refractivity contribution is 8.14. The smallest absolute Gasteiger partial charge is 0.195 e. The number of nitrogens with two attached hydrogens (primary N) is 1. The topological polar surface area (TPSA) is 83.0 Å². The number of guanidine groups is 1. The van der Waals surface area contributed by atoms with E-state index in [0.717, 1.165) is 15.6 Å². The normalized spacial score (nSPS) is 21.7. The van der Waals surface area contributed by atoms with Gasteiger partial charge in [0.2, 0.25) is 0 Å². The van der Waals surface area contributed by atoms with Crippen molar-refractivity contribution in [2.75, 3.05) is 0 Å². The lowest BCUT2D eigenvalue weighted by atomic mass is 10.2. The molecule has 98 valence electrons. The van der Waals surface area contributed by atoms with Crippen LogP contribution in [-0.4, -0.2) is 22.3 Å². The van der Waals surface area contributed by atoms with Crippen LogP contribution in [0.15, 0.2) is 50.5 Å². The van der Waals surface area contributed by atoms with Gasteiger partial charge in [-0.3, -0.25) is 0 Å². The van der Waals surface area contributed by atoms with Crippen LogP contribution in [0.4, 0.5) is 0 Å². The van der Waals surface area contributed by atoms with Crippen molar-refractivity contribution in [3.05, 3.63) is 41.2 Å². The van der Waals surface area contributed by atoms with E-state index in [1.54, 1.807) is 11.8 Å². The van der Waals surface area contributed by atoms with E-state index in [0.29, 0.717) is 12.1 Å². The summed E-state index contributed by atoms with van der Waals surface area (Å²) in [6, 6.07) is 8.26. The first-order valence-corrected chi connectivity index (χ1v) is 6.77. The lowest BCUT2D eigenvalue weighted by Crippen LogP contribution is -2.43. The fourth-order valence-electron chi connectivity index (χ4n) is 1.98. The van der Waals surface area contributed by atoms with Gasteiger partial charge in [0.15, 0.2) is 12.2 Å². The molecule has 2 heterocycles. The molecule has 1 atom stereocenters. The molecular weight excluding hydrogens is 260 g/mol. The molecule has 2 aliphatic heterocycles. The zero-order valence-electron chi connectivity index (χ0n) is 10.4.